The first-order valence-electron chi connectivity index (χ1n) is 7.42. The lowest BCUT2D eigenvalue weighted by Gasteiger charge is -2.38. The van der Waals surface area contributed by atoms with Crippen LogP contribution in [-0.2, 0) is 0 Å². The third-order valence-electron chi connectivity index (χ3n) is 4.01. The molecular weight excluding hydrogens is 252 g/mol. The molecule has 1 aliphatic heterocycles. The van der Waals surface area contributed by atoms with Gasteiger partial charge in [0.15, 0.2) is 5.78 Å². The fourth-order valence-electron chi connectivity index (χ4n) is 2.84. The van der Waals surface area contributed by atoms with Crippen molar-refractivity contribution in [3.05, 3.63) is 35.9 Å². The molecule has 1 atom stereocenters. The number of rotatable bonds is 6. The van der Waals surface area contributed by atoms with Crippen molar-refractivity contribution in [2.45, 2.75) is 19.4 Å². The highest BCUT2D eigenvalue weighted by Gasteiger charge is 2.27. The maximum Gasteiger partial charge on any atom is 0.179 e. The van der Waals surface area contributed by atoms with Crippen LogP contribution in [0.3, 0.4) is 0 Å². The number of aliphatic hydroxyl groups is 1. The molecule has 1 aromatic carbocycles. The smallest absolute Gasteiger partial charge is 0.179 e. The van der Waals surface area contributed by atoms with Gasteiger partial charge in [0, 0.05) is 38.3 Å². The number of carbonyl (C=O) groups excluding carboxylic acids is 1. The molecule has 1 heterocycles. The highest BCUT2D eigenvalue weighted by atomic mass is 16.3. The first kappa shape index (κ1) is 15.2. The molecule has 1 unspecified atom stereocenters. The fourth-order valence-corrected chi connectivity index (χ4v) is 2.84. The van der Waals surface area contributed by atoms with Gasteiger partial charge < -0.3 is 5.11 Å². The minimum Gasteiger partial charge on any atom is -0.395 e. The molecule has 0 spiro atoms. The van der Waals surface area contributed by atoms with Gasteiger partial charge in [-0.3, -0.25) is 14.6 Å². The normalized spacial score (nSPS) is 18.9. The monoisotopic (exact) mass is 276 g/mol. The van der Waals surface area contributed by atoms with Gasteiger partial charge in [-0.05, 0) is 6.42 Å². The van der Waals surface area contributed by atoms with Crippen molar-refractivity contribution in [3.8, 4) is 0 Å². The summed E-state index contributed by atoms with van der Waals surface area (Å²) in [5.74, 6) is 0.226. The molecule has 4 heteroatoms. The van der Waals surface area contributed by atoms with Gasteiger partial charge >= 0.3 is 0 Å². The largest absolute Gasteiger partial charge is 0.395 e. The molecule has 2 rings (SSSR count). The number of carbonyl (C=O) groups is 1. The summed E-state index contributed by atoms with van der Waals surface area (Å²) in [7, 11) is 0. The summed E-state index contributed by atoms with van der Waals surface area (Å²) in [4.78, 5) is 17.1. The Labute approximate surface area is 121 Å². The molecule has 1 aromatic rings. The molecule has 0 bridgehead atoms. The van der Waals surface area contributed by atoms with Gasteiger partial charge in [0.1, 0.15) is 0 Å². The SMILES string of the molecule is CCC(C(=O)c1ccccc1)N1CCN(CCO)CC1. The van der Waals surface area contributed by atoms with Crippen LogP contribution in [0.4, 0.5) is 0 Å². The third-order valence-corrected chi connectivity index (χ3v) is 4.01. The van der Waals surface area contributed by atoms with Crippen molar-refractivity contribution in [1.82, 2.24) is 9.80 Å². The van der Waals surface area contributed by atoms with Crippen LogP contribution in [0.15, 0.2) is 30.3 Å². The van der Waals surface area contributed by atoms with Crippen LogP contribution in [0.5, 0.6) is 0 Å². The number of Topliss-reactive ketones (excluding diaryl/α,β-unsaturated/α-hetero) is 1. The first-order valence-corrected chi connectivity index (χ1v) is 7.42. The number of benzene rings is 1. The van der Waals surface area contributed by atoms with E-state index in [1.807, 2.05) is 30.3 Å². The van der Waals surface area contributed by atoms with Gasteiger partial charge in [-0.25, -0.2) is 0 Å². The predicted octanol–water partition coefficient (Wildman–Crippen LogP) is 1.26. The van der Waals surface area contributed by atoms with E-state index in [0.29, 0.717) is 0 Å². The van der Waals surface area contributed by atoms with Crippen LogP contribution in [0, 0.1) is 0 Å². The standard InChI is InChI=1S/C16H24N2O2/c1-2-15(16(20)14-6-4-3-5-7-14)18-10-8-17(9-11-18)12-13-19/h3-7,15,19H,2,8-13H2,1H3. The summed E-state index contributed by atoms with van der Waals surface area (Å²) in [6.07, 6.45) is 0.841. The number of ketones is 1. The van der Waals surface area contributed by atoms with Crippen molar-refractivity contribution < 1.29 is 9.90 Å². The van der Waals surface area contributed by atoms with Crippen LogP contribution in [-0.4, -0.2) is 66.1 Å². The van der Waals surface area contributed by atoms with Crippen molar-refractivity contribution in [2.24, 2.45) is 0 Å². The average Bonchev–Trinajstić information content (AvgIpc) is 2.51. The van der Waals surface area contributed by atoms with Crippen LogP contribution < -0.4 is 0 Å². The molecule has 1 aliphatic rings. The van der Waals surface area contributed by atoms with Crippen molar-refractivity contribution in [3.63, 3.8) is 0 Å². The second-order valence-corrected chi connectivity index (χ2v) is 5.26. The first-order chi connectivity index (χ1) is 9.76. The van der Waals surface area contributed by atoms with Crippen molar-refractivity contribution >= 4 is 5.78 Å². The summed E-state index contributed by atoms with van der Waals surface area (Å²) in [5.41, 5.74) is 0.803. The Morgan fingerprint density at radius 2 is 1.85 bits per heavy atom. The molecule has 0 amide bonds. The summed E-state index contributed by atoms with van der Waals surface area (Å²) >= 11 is 0. The summed E-state index contributed by atoms with van der Waals surface area (Å²) in [6.45, 7) is 6.68. The van der Waals surface area contributed by atoms with Crippen LogP contribution >= 0.6 is 0 Å². The van der Waals surface area contributed by atoms with Crippen molar-refractivity contribution in [1.29, 1.82) is 0 Å². The van der Waals surface area contributed by atoms with Gasteiger partial charge in [0.25, 0.3) is 0 Å². The van der Waals surface area contributed by atoms with E-state index in [1.165, 1.54) is 0 Å². The van der Waals surface area contributed by atoms with E-state index in [1.54, 1.807) is 0 Å². The molecule has 4 nitrogen and oxygen atoms in total. The van der Waals surface area contributed by atoms with Gasteiger partial charge in [-0.2, -0.15) is 0 Å². The zero-order chi connectivity index (χ0) is 14.4. The quantitative estimate of drug-likeness (QED) is 0.794. The average molecular weight is 276 g/mol. The highest BCUT2D eigenvalue weighted by Crippen LogP contribution is 2.14. The molecule has 1 fully saturated rings. The second kappa shape index (κ2) is 7.53. The predicted molar refractivity (Wildman–Crippen MR) is 80.0 cm³/mol. The third kappa shape index (κ3) is 3.66. The van der Waals surface area contributed by atoms with E-state index in [2.05, 4.69) is 16.7 Å². The molecule has 0 radical (unpaired) electrons. The topological polar surface area (TPSA) is 43.8 Å². The Morgan fingerprint density at radius 1 is 1.20 bits per heavy atom. The number of hydrogen-bond acceptors (Lipinski definition) is 4. The Kier molecular flexibility index (Phi) is 5.71. The number of β-amino-alcohol motifs (C(OH)–C–C–N with tert-alkyl or cyclic N) is 1. The summed E-state index contributed by atoms with van der Waals surface area (Å²) < 4.78 is 0. The lowest BCUT2D eigenvalue weighted by atomic mass is 10.00. The second-order valence-electron chi connectivity index (χ2n) is 5.26. The van der Waals surface area contributed by atoms with Crippen LogP contribution in [0.2, 0.25) is 0 Å². The Morgan fingerprint density at radius 3 is 2.40 bits per heavy atom. The number of hydrogen-bond donors (Lipinski definition) is 1. The molecule has 110 valence electrons. The Balaban J connectivity index is 1.97. The van der Waals surface area contributed by atoms with E-state index in [4.69, 9.17) is 5.11 Å². The van der Waals surface area contributed by atoms with E-state index < -0.39 is 0 Å². The maximum absolute atomic E-state index is 12.6. The van der Waals surface area contributed by atoms with Crippen molar-refractivity contribution in [2.75, 3.05) is 39.3 Å². The zero-order valence-corrected chi connectivity index (χ0v) is 12.2. The van der Waals surface area contributed by atoms with E-state index in [0.717, 1.165) is 44.7 Å². The Bertz CT molecular complexity index is 414. The minimum absolute atomic E-state index is 0.0197. The van der Waals surface area contributed by atoms with Gasteiger partial charge in [-0.15, -0.1) is 0 Å². The van der Waals surface area contributed by atoms with E-state index in [-0.39, 0.29) is 18.4 Å². The summed E-state index contributed by atoms with van der Waals surface area (Å²) in [6, 6.07) is 9.54. The van der Waals surface area contributed by atoms with Gasteiger partial charge in [0.2, 0.25) is 0 Å². The molecule has 0 saturated carbocycles. The molecule has 1 saturated heterocycles. The molecule has 1 N–H and O–H groups in total. The lowest BCUT2D eigenvalue weighted by Crippen LogP contribution is -2.52. The molecule has 0 aromatic heterocycles. The molecule has 0 aliphatic carbocycles. The Hall–Kier alpha value is -1.23. The van der Waals surface area contributed by atoms with E-state index in [9.17, 15) is 4.79 Å². The number of nitrogens with zero attached hydrogens (tertiary/aromatic N) is 2. The summed E-state index contributed by atoms with van der Waals surface area (Å²) in [5, 5.41) is 8.97. The number of aliphatic hydroxyl groups excluding tert-OH is 1. The molecular formula is C16H24N2O2. The minimum atomic E-state index is -0.0197. The number of piperazine rings is 1. The molecule has 20 heavy (non-hydrogen) atoms. The maximum atomic E-state index is 12.6. The van der Waals surface area contributed by atoms with Gasteiger partial charge in [0.05, 0.1) is 12.6 Å². The zero-order valence-electron chi connectivity index (χ0n) is 12.2. The van der Waals surface area contributed by atoms with Crippen LogP contribution in [0.1, 0.15) is 23.7 Å². The lowest BCUT2D eigenvalue weighted by molar-refractivity contribution is 0.0620. The fraction of sp³-hybridized carbons (Fsp3) is 0.562. The van der Waals surface area contributed by atoms with E-state index >= 15 is 0 Å². The van der Waals surface area contributed by atoms with Crippen LogP contribution in [0.25, 0.3) is 0 Å². The van der Waals surface area contributed by atoms with Gasteiger partial charge in [-0.1, -0.05) is 37.3 Å². The highest BCUT2D eigenvalue weighted by molar-refractivity contribution is 6.00.